The molecule has 166 valence electrons. The van der Waals surface area contributed by atoms with E-state index in [1.807, 2.05) is 0 Å². The minimum atomic E-state index is -0.891. The molecule has 0 saturated carbocycles. The third-order valence-corrected chi connectivity index (χ3v) is 4.97. The summed E-state index contributed by atoms with van der Waals surface area (Å²) in [5, 5.41) is 2.62. The second kappa shape index (κ2) is 10.0. The Kier molecular flexibility index (Phi) is 7.40. The third-order valence-electron chi connectivity index (χ3n) is 4.16. The van der Waals surface area contributed by atoms with Gasteiger partial charge < -0.3 is 9.47 Å². The highest BCUT2D eigenvalue weighted by molar-refractivity contribution is 6.40. The molecule has 3 rings (SSSR count). The number of hydrogen-bond donors (Lipinski definition) is 1. The fourth-order valence-electron chi connectivity index (χ4n) is 2.78. The van der Waals surface area contributed by atoms with Crippen LogP contribution in [-0.4, -0.2) is 37.0 Å². The van der Waals surface area contributed by atoms with Gasteiger partial charge in [-0.1, -0.05) is 34.8 Å². The van der Waals surface area contributed by atoms with Crippen molar-refractivity contribution in [3.8, 4) is 5.75 Å². The van der Waals surface area contributed by atoms with Gasteiger partial charge in [-0.2, -0.15) is 0 Å². The maximum Gasteiger partial charge on any atom is 0.344 e. The van der Waals surface area contributed by atoms with Crippen molar-refractivity contribution in [2.45, 2.75) is 6.92 Å². The van der Waals surface area contributed by atoms with Crippen LogP contribution in [0.5, 0.6) is 5.75 Å². The lowest BCUT2D eigenvalue weighted by Crippen LogP contribution is -2.54. The van der Waals surface area contributed by atoms with Crippen LogP contribution in [0, 0.1) is 0 Å². The molecule has 1 heterocycles. The number of benzene rings is 2. The lowest BCUT2D eigenvalue weighted by Gasteiger charge is -2.26. The number of nitrogens with zero attached hydrogens (tertiary/aromatic N) is 1. The predicted molar refractivity (Wildman–Crippen MR) is 119 cm³/mol. The number of esters is 1. The van der Waals surface area contributed by atoms with E-state index in [1.165, 1.54) is 42.5 Å². The Labute approximate surface area is 197 Å². The van der Waals surface area contributed by atoms with Crippen LogP contribution in [0.4, 0.5) is 10.5 Å². The van der Waals surface area contributed by atoms with Crippen molar-refractivity contribution >= 4 is 70.4 Å². The van der Waals surface area contributed by atoms with Crippen molar-refractivity contribution in [3.63, 3.8) is 0 Å². The summed E-state index contributed by atoms with van der Waals surface area (Å²) in [7, 11) is 0. The molecule has 2 aromatic rings. The van der Waals surface area contributed by atoms with Gasteiger partial charge >= 0.3 is 12.0 Å². The minimum absolute atomic E-state index is 0.0425. The number of nitrogens with one attached hydrogen (secondary N) is 1. The number of barbiturate groups is 1. The first-order valence-electron chi connectivity index (χ1n) is 9.15. The van der Waals surface area contributed by atoms with Crippen LogP contribution in [0.2, 0.25) is 15.1 Å². The van der Waals surface area contributed by atoms with Gasteiger partial charge in [0.05, 0.1) is 22.3 Å². The average Bonchev–Trinajstić information content (AvgIpc) is 2.72. The summed E-state index contributed by atoms with van der Waals surface area (Å²) in [5.74, 6) is -2.26. The van der Waals surface area contributed by atoms with E-state index >= 15 is 0 Å². The van der Waals surface area contributed by atoms with Crippen molar-refractivity contribution in [1.82, 2.24) is 5.32 Å². The van der Waals surface area contributed by atoms with E-state index in [9.17, 15) is 19.2 Å². The Bertz CT molecular complexity index is 1110. The van der Waals surface area contributed by atoms with Crippen LogP contribution >= 0.6 is 34.8 Å². The summed E-state index contributed by atoms with van der Waals surface area (Å²) < 4.78 is 10.1. The third kappa shape index (κ3) is 5.21. The van der Waals surface area contributed by atoms with Crippen LogP contribution in [0.15, 0.2) is 42.0 Å². The molecular formula is C21H15Cl3N2O6. The topological polar surface area (TPSA) is 102 Å². The van der Waals surface area contributed by atoms with Crippen molar-refractivity contribution in [1.29, 1.82) is 0 Å². The minimum Gasteiger partial charge on any atom is -0.479 e. The number of carbonyl (C=O) groups excluding carboxylic acids is 4. The predicted octanol–water partition coefficient (Wildman–Crippen LogP) is 4.26. The summed E-state index contributed by atoms with van der Waals surface area (Å²) in [6, 6.07) is 7.85. The quantitative estimate of drug-likeness (QED) is 0.364. The molecule has 0 unspecified atom stereocenters. The molecule has 4 amide bonds. The van der Waals surface area contributed by atoms with E-state index in [0.717, 1.165) is 4.90 Å². The zero-order valence-corrected chi connectivity index (χ0v) is 18.8. The molecule has 8 nitrogen and oxygen atoms in total. The van der Waals surface area contributed by atoms with E-state index in [-0.39, 0.29) is 33.7 Å². The normalized spacial score (nSPS) is 15.1. The number of halogens is 3. The molecule has 0 atom stereocenters. The Morgan fingerprint density at radius 2 is 1.69 bits per heavy atom. The second-order valence-corrected chi connectivity index (χ2v) is 7.59. The molecule has 0 aliphatic carbocycles. The van der Waals surface area contributed by atoms with Crippen molar-refractivity contribution in [2.75, 3.05) is 18.1 Å². The molecule has 32 heavy (non-hydrogen) atoms. The van der Waals surface area contributed by atoms with Gasteiger partial charge in [0.25, 0.3) is 11.8 Å². The van der Waals surface area contributed by atoms with Gasteiger partial charge in [-0.25, -0.2) is 14.5 Å². The number of amides is 4. The molecule has 11 heteroatoms. The number of imide groups is 2. The molecule has 1 aliphatic heterocycles. The molecule has 0 bridgehead atoms. The molecule has 0 radical (unpaired) electrons. The summed E-state index contributed by atoms with van der Waals surface area (Å²) in [6.07, 6.45) is 1.24. The molecule has 0 spiro atoms. The van der Waals surface area contributed by atoms with E-state index in [1.54, 1.807) is 6.92 Å². The fraction of sp³-hybridized carbons (Fsp3) is 0.143. The highest BCUT2D eigenvalue weighted by atomic mass is 35.5. The van der Waals surface area contributed by atoms with Gasteiger partial charge in [-0.3, -0.25) is 14.9 Å². The van der Waals surface area contributed by atoms with E-state index in [2.05, 4.69) is 5.32 Å². The summed E-state index contributed by atoms with van der Waals surface area (Å²) in [6.45, 7) is 1.46. The molecule has 2 aromatic carbocycles. The monoisotopic (exact) mass is 496 g/mol. The highest BCUT2D eigenvalue weighted by Gasteiger charge is 2.36. The lowest BCUT2D eigenvalue weighted by molar-refractivity contribution is -0.145. The van der Waals surface area contributed by atoms with Gasteiger partial charge in [-0.15, -0.1) is 0 Å². The van der Waals surface area contributed by atoms with Crippen molar-refractivity contribution in [3.05, 3.63) is 62.6 Å². The van der Waals surface area contributed by atoms with Crippen molar-refractivity contribution < 1.29 is 28.7 Å². The van der Waals surface area contributed by atoms with Gasteiger partial charge in [0.2, 0.25) is 0 Å². The van der Waals surface area contributed by atoms with Gasteiger partial charge in [0.15, 0.2) is 12.4 Å². The first-order chi connectivity index (χ1) is 15.2. The SMILES string of the molecule is CCOC(=O)COc1c(Cl)cc(/C=C2\C(=O)NC(=O)N(c3ccc(Cl)cc3)C2=O)cc1Cl. The molecule has 0 aromatic heterocycles. The van der Waals surface area contributed by atoms with Gasteiger partial charge in [0.1, 0.15) is 5.57 Å². The zero-order chi connectivity index (χ0) is 23.4. The van der Waals surface area contributed by atoms with Crippen molar-refractivity contribution in [2.24, 2.45) is 0 Å². The zero-order valence-electron chi connectivity index (χ0n) is 16.5. The maximum atomic E-state index is 12.9. The number of carbonyl (C=O) groups is 4. The van der Waals surface area contributed by atoms with E-state index in [0.29, 0.717) is 10.6 Å². The lowest BCUT2D eigenvalue weighted by atomic mass is 10.1. The number of anilines is 1. The Morgan fingerprint density at radius 1 is 1.06 bits per heavy atom. The van der Waals surface area contributed by atoms with Gasteiger partial charge in [0, 0.05) is 5.02 Å². The van der Waals surface area contributed by atoms with Gasteiger partial charge in [-0.05, 0) is 55.0 Å². The van der Waals surface area contributed by atoms with Crippen LogP contribution in [-0.2, 0) is 19.1 Å². The first-order valence-corrected chi connectivity index (χ1v) is 10.3. The molecule has 1 fully saturated rings. The second-order valence-electron chi connectivity index (χ2n) is 6.34. The molecule has 1 aliphatic rings. The Morgan fingerprint density at radius 3 is 2.28 bits per heavy atom. The Hall–Kier alpha value is -3.07. The van der Waals surface area contributed by atoms with E-state index in [4.69, 9.17) is 44.3 Å². The molecule has 1 N–H and O–H groups in total. The highest BCUT2D eigenvalue weighted by Crippen LogP contribution is 2.35. The molecule has 1 saturated heterocycles. The Balaban J connectivity index is 1.89. The number of rotatable bonds is 6. The molecular weight excluding hydrogens is 483 g/mol. The first kappa shape index (κ1) is 23.6. The summed E-state index contributed by atoms with van der Waals surface area (Å²) in [5.41, 5.74) is 0.216. The maximum absolute atomic E-state index is 12.9. The van der Waals surface area contributed by atoms with Crippen LogP contribution in [0.25, 0.3) is 6.08 Å². The summed E-state index contributed by atoms with van der Waals surface area (Å²) >= 11 is 18.2. The number of hydrogen-bond acceptors (Lipinski definition) is 6. The van der Waals surface area contributed by atoms with Crippen LogP contribution in [0.1, 0.15) is 12.5 Å². The van der Waals surface area contributed by atoms with E-state index < -0.39 is 30.4 Å². The van der Waals surface area contributed by atoms with Crippen LogP contribution in [0.3, 0.4) is 0 Å². The largest absolute Gasteiger partial charge is 0.479 e. The smallest absolute Gasteiger partial charge is 0.344 e. The average molecular weight is 498 g/mol. The number of urea groups is 1. The fourth-order valence-corrected chi connectivity index (χ4v) is 3.52. The standard InChI is InChI=1S/C21H15Cl3N2O6/c1-2-31-17(27)10-32-18-15(23)8-11(9-16(18)24)7-14-19(28)25-21(30)26(20(14)29)13-5-3-12(22)4-6-13/h3-9H,2,10H2,1H3,(H,25,28,30)/b14-7+. The number of ether oxygens (including phenoxy) is 2. The summed E-state index contributed by atoms with van der Waals surface area (Å²) in [4.78, 5) is 49.7. The van der Waals surface area contributed by atoms with Crippen LogP contribution < -0.4 is 15.0 Å².